The zero-order chi connectivity index (χ0) is 14.9. The number of rotatable bonds is 2. The molecule has 0 radical (unpaired) electrons. The number of benzene rings is 2. The van der Waals surface area contributed by atoms with Gasteiger partial charge in [-0.15, -0.1) is 0 Å². The molecule has 104 valence electrons. The highest BCUT2D eigenvalue weighted by atomic mass is 127. The molecule has 1 N–H and O–H groups in total. The Morgan fingerprint density at radius 2 is 1.80 bits per heavy atom. The van der Waals surface area contributed by atoms with E-state index in [0.29, 0.717) is 9.64 Å². The summed E-state index contributed by atoms with van der Waals surface area (Å²) in [6.07, 6.45) is 0. The van der Waals surface area contributed by atoms with Gasteiger partial charge in [0.15, 0.2) is 5.82 Å². The summed E-state index contributed by atoms with van der Waals surface area (Å²) in [5.74, 6) is -2.74. The van der Waals surface area contributed by atoms with Crippen molar-refractivity contribution in [1.29, 1.82) is 0 Å². The molecule has 2 nitrogen and oxygen atoms in total. The second-order valence-electron chi connectivity index (χ2n) is 3.82. The summed E-state index contributed by atoms with van der Waals surface area (Å²) in [6.45, 7) is 0. The summed E-state index contributed by atoms with van der Waals surface area (Å²) in [5, 5.41) is 2.33. The van der Waals surface area contributed by atoms with E-state index in [9.17, 15) is 18.0 Å². The fraction of sp³-hybridized carbons (Fsp3) is 0. The van der Waals surface area contributed by atoms with Gasteiger partial charge < -0.3 is 5.32 Å². The van der Waals surface area contributed by atoms with Crippen molar-refractivity contribution in [2.75, 3.05) is 5.32 Å². The Kier molecular flexibility index (Phi) is 4.69. The van der Waals surface area contributed by atoms with Crippen molar-refractivity contribution in [2.45, 2.75) is 0 Å². The molecule has 20 heavy (non-hydrogen) atoms. The maximum absolute atomic E-state index is 13.6. The Hall–Kier alpha value is -1.09. The van der Waals surface area contributed by atoms with Gasteiger partial charge in [-0.25, -0.2) is 13.2 Å². The minimum Gasteiger partial charge on any atom is -0.318 e. The summed E-state index contributed by atoms with van der Waals surface area (Å²) in [4.78, 5) is 12.0. The Balaban J connectivity index is 2.33. The predicted octanol–water partition coefficient (Wildman–Crippen LogP) is 4.72. The lowest BCUT2D eigenvalue weighted by Crippen LogP contribution is -2.15. The molecule has 0 heterocycles. The molecule has 2 aromatic carbocycles. The quantitative estimate of drug-likeness (QED) is 0.652. The molecule has 0 bridgehead atoms. The van der Waals surface area contributed by atoms with Crippen molar-refractivity contribution in [3.05, 3.63) is 61.4 Å². The number of hydrogen-bond acceptors (Lipinski definition) is 1. The average molecular weight is 456 g/mol. The summed E-state index contributed by atoms with van der Waals surface area (Å²) in [7, 11) is 0. The average Bonchev–Trinajstić information content (AvgIpc) is 2.33. The van der Waals surface area contributed by atoms with Gasteiger partial charge in [-0.1, -0.05) is 0 Å². The molecule has 0 aromatic heterocycles. The van der Waals surface area contributed by atoms with E-state index in [1.165, 1.54) is 12.1 Å². The number of nitrogens with one attached hydrogen (secondary N) is 1. The smallest absolute Gasteiger partial charge is 0.256 e. The largest absolute Gasteiger partial charge is 0.318 e. The summed E-state index contributed by atoms with van der Waals surface area (Å²) in [6, 6.07) is 5.31. The van der Waals surface area contributed by atoms with E-state index in [1.54, 1.807) is 22.6 Å². The van der Waals surface area contributed by atoms with E-state index in [-0.39, 0.29) is 15.7 Å². The SMILES string of the molecule is O=C(Nc1c(F)cc(F)cc1Br)c1ccc(F)cc1I. The van der Waals surface area contributed by atoms with Crippen LogP contribution >= 0.6 is 38.5 Å². The van der Waals surface area contributed by atoms with E-state index in [1.807, 2.05) is 0 Å². The van der Waals surface area contributed by atoms with Gasteiger partial charge in [0.05, 0.1) is 11.3 Å². The normalized spacial score (nSPS) is 10.4. The Morgan fingerprint density at radius 3 is 2.40 bits per heavy atom. The first-order chi connectivity index (χ1) is 9.38. The van der Waals surface area contributed by atoms with Gasteiger partial charge in [-0.3, -0.25) is 4.79 Å². The molecular weight excluding hydrogens is 450 g/mol. The molecule has 0 atom stereocenters. The van der Waals surface area contributed by atoms with E-state index in [4.69, 9.17) is 0 Å². The van der Waals surface area contributed by atoms with Crippen molar-refractivity contribution in [1.82, 2.24) is 0 Å². The lowest BCUT2D eigenvalue weighted by molar-refractivity contribution is 0.102. The van der Waals surface area contributed by atoms with Crippen LogP contribution in [0.25, 0.3) is 0 Å². The zero-order valence-electron chi connectivity index (χ0n) is 9.68. The van der Waals surface area contributed by atoms with Crippen LogP contribution in [0.4, 0.5) is 18.9 Å². The minimum atomic E-state index is -0.901. The van der Waals surface area contributed by atoms with Gasteiger partial charge in [0, 0.05) is 14.1 Å². The maximum Gasteiger partial charge on any atom is 0.256 e. The Bertz CT molecular complexity index is 670. The first-order valence-corrected chi connectivity index (χ1v) is 7.16. The summed E-state index contributed by atoms with van der Waals surface area (Å²) in [5.41, 5.74) is 0.0270. The number of halogens is 5. The van der Waals surface area contributed by atoms with Crippen molar-refractivity contribution < 1.29 is 18.0 Å². The van der Waals surface area contributed by atoms with Gasteiger partial charge in [-0.2, -0.15) is 0 Å². The predicted molar refractivity (Wildman–Crippen MR) is 81.1 cm³/mol. The van der Waals surface area contributed by atoms with Gasteiger partial charge in [0.1, 0.15) is 11.6 Å². The lowest BCUT2D eigenvalue weighted by atomic mass is 10.2. The van der Waals surface area contributed by atoms with E-state index in [0.717, 1.165) is 12.1 Å². The molecule has 0 aliphatic rings. The van der Waals surface area contributed by atoms with E-state index < -0.39 is 23.4 Å². The van der Waals surface area contributed by atoms with Crippen molar-refractivity contribution in [3.8, 4) is 0 Å². The van der Waals surface area contributed by atoms with Crippen LogP contribution in [0.1, 0.15) is 10.4 Å². The standard InChI is InChI=1S/C13H6BrF3INO/c14-9-3-7(16)4-10(17)12(9)19-13(20)8-2-1-6(15)5-11(8)18/h1-5H,(H,19,20). The second kappa shape index (κ2) is 6.13. The minimum absolute atomic E-state index is 0.0838. The van der Waals surface area contributed by atoms with Gasteiger partial charge in [-0.05, 0) is 62.8 Å². The molecule has 0 unspecified atom stereocenters. The third-order valence-electron chi connectivity index (χ3n) is 2.42. The number of amides is 1. The number of hydrogen-bond donors (Lipinski definition) is 1. The lowest BCUT2D eigenvalue weighted by Gasteiger charge is -2.10. The summed E-state index contributed by atoms with van der Waals surface area (Å²) < 4.78 is 40.0. The van der Waals surface area contributed by atoms with Crippen LogP contribution in [0.5, 0.6) is 0 Å². The highest BCUT2D eigenvalue weighted by Gasteiger charge is 2.16. The van der Waals surface area contributed by atoms with Gasteiger partial charge >= 0.3 is 0 Å². The van der Waals surface area contributed by atoms with Crippen LogP contribution in [-0.2, 0) is 0 Å². The van der Waals surface area contributed by atoms with Crippen molar-refractivity contribution in [3.63, 3.8) is 0 Å². The molecule has 0 spiro atoms. The molecule has 2 aromatic rings. The van der Waals surface area contributed by atoms with Crippen LogP contribution in [0.3, 0.4) is 0 Å². The highest BCUT2D eigenvalue weighted by molar-refractivity contribution is 14.1. The van der Waals surface area contributed by atoms with E-state index in [2.05, 4.69) is 21.2 Å². The van der Waals surface area contributed by atoms with Gasteiger partial charge in [0.2, 0.25) is 0 Å². The third kappa shape index (κ3) is 3.32. The molecule has 1 amide bonds. The van der Waals surface area contributed by atoms with Crippen LogP contribution in [0.2, 0.25) is 0 Å². The first kappa shape index (κ1) is 15.3. The Labute approximate surface area is 134 Å². The zero-order valence-corrected chi connectivity index (χ0v) is 13.4. The second-order valence-corrected chi connectivity index (χ2v) is 5.84. The number of carbonyl (C=O) groups is 1. The summed E-state index contributed by atoms with van der Waals surface area (Å²) >= 11 is 4.77. The molecule has 2 rings (SSSR count). The number of anilines is 1. The van der Waals surface area contributed by atoms with Crippen molar-refractivity contribution >= 4 is 50.1 Å². The van der Waals surface area contributed by atoms with Gasteiger partial charge in [0.25, 0.3) is 5.91 Å². The van der Waals surface area contributed by atoms with Crippen LogP contribution in [0, 0.1) is 21.0 Å². The molecule has 0 fully saturated rings. The highest BCUT2D eigenvalue weighted by Crippen LogP contribution is 2.27. The van der Waals surface area contributed by atoms with Crippen LogP contribution in [0.15, 0.2) is 34.8 Å². The van der Waals surface area contributed by atoms with Crippen LogP contribution < -0.4 is 5.32 Å². The fourth-order valence-corrected chi connectivity index (χ4v) is 2.75. The third-order valence-corrected chi connectivity index (χ3v) is 3.94. The van der Waals surface area contributed by atoms with Crippen molar-refractivity contribution in [2.24, 2.45) is 0 Å². The first-order valence-electron chi connectivity index (χ1n) is 5.29. The molecular formula is C13H6BrF3INO. The molecule has 0 saturated carbocycles. The topological polar surface area (TPSA) is 29.1 Å². The maximum atomic E-state index is 13.6. The Morgan fingerprint density at radius 1 is 1.10 bits per heavy atom. The molecule has 0 aliphatic carbocycles. The number of carbonyl (C=O) groups excluding carboxylic acids is 1. The fourth-order valence-electron chi connectivity index (χ4n) is 1.52. The van der Waals surface area contributed by atoms with E-state index >= 15 is 0 Å². The molecule has 0 aliphatic heterocycles. The molecule has 7 heteroatoms. The molecule has 0 saturated heterocycles. The monoisotopic (exact) mass is 455 g/mol. The van der Waals surface area contributed by atoms with Crippen LogP contribution in [-0.4, -0.2) is 5.91 Å².